The van der Waals surface area contributed by atoms with Crippen LogP contribution in [0, 0.1) is 0 Å². The van der Waals surface area contributed by atoms with Crippen LogP contribution < -0.4 is 5.73 Å². The van der Waals surface area contributed by atoms with Crippen LogP contribution in [-0.2, 0) is 5.75 Å². The van der Waals surface area contributed by atoms with E-state index in [1.54, 1.807) is 24.6 Å². The Kier molecular flexibility index (Phi) is 2.49. The maximum Gasteiger partial charge on any atom is 0.257 e. The maximum absolute atomic E-state index is 5.68. The minimum absolute atomic E-state index is 0.617. The van der Waals surface area contributed by atoms with Crippen LogP contribution in [0.4, 0.5) is 5.69 Å². The molecule has 0 atom stereocenters. The number of oxazole rings is 1. The Morgan fingerprint density at radius 3 is 3.12 bits per heavy atom. The van der Waals surface area contributed by atoms with Gasteiger partial charge in [-0.3, -0.25) is 0 Å². The van der Waals surface area contributed by atoms with E-state index in [0.29, 0.717) is 16.7 Å². The first-order valence-electron chi connectivity index (χ1n) is 4.98. The standard InChI is InChI=1S/C11H9N3O2S/c12-8-1-2-10-9(3-8)14-11(16-10)17-6-7-4-13-15-5-7/h1-5H,6,12H2. The number of nitrogen functional groups attached to an aromatic ring is 1. The fourth-order valence-corrected chi connectivity index (χ4v) is 2.17. The van der Waals surface area contributed by atoms with E-state index < -0.39 is 0 Å². The number of hydrogen-bond donors (Lipinski definition) is 1. The summed E-state index contributed by atoms with van der Waals surface area (Å²) in [5.41, 5.74) is 8.87. The third-order valence-electron chi connectivity index (χ3n) is 2.24. The highest BCUT2D eigenvalue weighted by atomic mass is 32.2. The van der Waals surface area contributed by atoms with E-state index in [-0.39, 0.29) is 0 Å². The zero-order chi connectivity index (χ0) is 11.7. The highest BCUT2D eigenvalue weighted by Crippen LogP contribution is 2.26. The number of nitrogens with zero attached hydrogens (tertiary/aromatic N) is 2. The molecule has 86 valence electrons. The van der Waals surface area contributed by atoms with E-state index in [1.165, 1.54) is 11.8 Å². The fraction of sp³-hybridized carbons (Fsp3) is 0.0909. The predicted molar refractivity (Wildman–Crippen MR) is 64.5 cm³/mol. The summed E-state index contributed by atoms with van der Waals surface area (Å²) in [6, 6.07) is 5.41. The SMILES string of the molecule is Nc1ccc2oc(SCc3cnoc3)nc2c1. The minimum Gasteiger partial charge on any atom is -0.431 e. The molecule has 0 unspecified atom stereocenters. The van der Waals surface area contributed by atoms with Crippen LogP contribution in [0.3, 0.4) is 0 Å². The van der Waals surface area contributed by atoms with Gasteiger partial charge in [-0.1, -0.05) is 16.9 Å². The molecule has 3 aromatic rings. The zero-order valence-corrected chi connectivity index (χ0v) is 9.61. The molecule has 0 aliphatic rings. The van der Waals surface area contributed by atoms with Crippen molar-refractivity contribution in [3.63, 3.8) is 0 Å². The number of aromatic nitrogens is 2. The van der Waals surface area contributed by atoms with Gasteiger partial charge < -0.3 is 14.7 Å². The molecular weight excluding hydrogens is 238 g/mol. The van der Waals surface area contributed by atoms with Gasteiger partial charge in [-0.05, 0) is 18.2 Å². The molecule has 0 saturated heterocycles. The topological polar surface area (TPSA) is 78.1 Å². The van der Waals surface area contributed by atoms with Crippen molar-refractivity contribution < 1.29 is 8.94 Å². The van der Waals surface area contributed by atoms with Gasteiger partial charge in [-0.15, -0.1) is 0 Å². The fourth-order valence-electron chi connectivity index (χ4n) is 1.43. The molecule has 1 aromatic carbocycles. The van der Waals surface area contributed by atoms with Gasteiger partial charge in [0.25, 0.3) is 5.22 Å². The van der Waals surface area contributed by atoms with E-state index >= 15 is 0 Å². The Hall–Kier alpha value is -1.95. The monoisotopic (exact) mass is 247 g/mol. The third-order valence-corrected chi connectivity index (χ3v) is 3.14. The Labute approximate surface area is 101 Å². The van der Waals surface area contributed by atoms with E-state index in [1.807, 2.05) is 6.07 Å². The lowest BCUT2D eigenvalue weighted by Gasteiger charge is -1.90. The lowest BCUT2D eigenvalue weighted by molar-refractivity contribution is 0.419. The molecule has 2 N–H and O–H groups in total. The van der Waals surface area contributed by atoms with E-state index in [2.05, 4.69) is 10.1 Å². The number of nitrogens with two attached hydrogens (primary N) is 1. The molecular formula is C11H9N3O2S. The smallest absolute Gasteiger partial charge is 0.257 e. The number of thioether (sulfide) groups is 1. The van der Waals surface area contributed by atoms with Gasteiger partial charge in [0.15, 0.2) is 5.58 Å². The quantitative estimate of drug-likeness (QED) is 0.566. The molecule has 3 rings (SSSR count). The van der Waals surface area contributed by atoms with Crippen molar-refractivity contribution in [2.45, 2.75) is 11.0 Å². The second-order valence-electron chi connectivity index (χ2n) is 3.53. The van der Waals surface area contributed by atoms with Crippen molar-refractivity contribution in [2.24, 2.45) is 0 Å². The third kappa shape index (κ3) is 2.12. The highest BCUT2D eigenvalue weighted by molar-refractivity contribution is 7.98. The van der Waals surface area contributed by atoms with Gasteiger partial charge in [-0.2, -0.15) is 0 Å². The molecule has 0 saturated carbocycles. The van der Waals surface area contributed by atoms with Crippen LogP contribution in [0.15, 0.2) is 44.8 Å². The minimum atomic E-state index is 0.617. The Morgan fingerprint density at radius 2 is 2.29 bits per heavy atom. The van der Waals surface area contributed by atoms with E-state index in [0.717, 1.165) is 16.7 Å². The Bertz CT molecular complexity index is 633. The van der Waals surface area contributed by atoms with Crippen molar-refractivity contribution in [1.82, 2.24) is 10.1 Å². The second-order valence-corrected chi connectivity index (χ2v) is 4.45. The number of benzene rings is 1. The van der Waals surface area contributed by atoms with Crippen LogP contribution in [0.5, 0.6) is 0 Å². The summed E-state index contributed by atoms with van der Waals surface area (Å²) in [6.07, 6.45) is 3.28. The lowest BCUT2D eigenvalue weighted by atomic mass is 10.3. The summed E-state index contributed by atoms with van der Waals surface area (Å²) in [5, 5.41) is 4.25. The van der Waals surface area contributed by atoms with Gasteiger partial charge in [0.05, 0.1) is 6.20 Å². The molecule has 2 aromatic heterocycles. The maximum atomic E-state index is 5.68. The first kappa shape index (κ1) is 10.2. The van der Waals surface area contributed by atoms with Crippen molar-refractivity contribution >= 4 is 28.5 Å². The number of anilines is 1. The first-order chi connectivity index (χ1) is 8.31. The van der Waals surface area contributed by atoms with Crippen molar-refractivity contribution in [2.75, 3.05) is 5.73 Å². The molecule has 6 heteroatoms. The summed E-state index contributed by atoms with van der Waals surface area (Å²) in [4.78, 5) is 4.34. The molecule has 0 radical (unpaired) electrons. The first-order valence-corrected chi connectivity index (χ1v) is 5.97. The van der Waals surface area contributed by atoms with Crippen LogP contribution in [0.2, 0.25) is 0 Å². The molecule has 5 nitrogen and oxygen atoms in total. The molecule has 2 heterocycles. The summed E-state index contributed by atoms with van der Waals surface area (Å²) in [5.74, 6) is 0.714. The predicted octanol–water partition coefficient (Wildman–Crippen LogP) is 2.69. The van der Waals surface area contributed by atoms with Crippen LogP contribution in [-0.4, -0.2) is 10.1 Å². The molecule has 0 aliphatic heterocycles. The highest BCUT2D eigenvalue weighted by Gasteiger charge is 2.07. The summed E-state index contributed by atoms with van der Waals surface area (Å²) >= 11 is 1.49. The van der Waals surface area contributed by atoms with Crippen LogP contribution in [0.1, 0.15) is 5.56 Å². The van der Waals surface area contributed by atoms with Crippen molar-refractivity contribution in [1.29, 1.82) is 0 Å². The van der Waals surface area contributed by atoms with Gasteiger partial charge in [0.2, 0.25) is 0 Å². The molecule has 0 bridgehead atoms. The zero-order valence-electron chi connectivity index (χ0n) is 8.79. The van der Waals surface area contributed by atoms with Gasteiger partial charge in [0.1, 0.15) is 11.8 Å². The van der Waals surface area contributed by atoms with Gasteiger partial charge in [-0.25, -0.2) is 4.98 Å². The summed E-state index contributed by atoms with van der Waals surface area (Å²) in [7, 11) is 0. The van der Waals surface area contributed by atoms with Crippen molar-refractivity contribution in [3.8, 4) is 0 Å². The summed E-state index contributed by atoms with van der Waals surface area (Å²) < 4.78 is 10.3. The largest absolute Gasteiger partial charge is 0.431 e. The Morgan fingerprint density at radius 1 is 1.35 bits per heavy atom. The van der Waals surface area contributed by atoms with E-state index in [4.69, 9.17) is 14.7 Å². The van der Waals surface area contributed by atoms with Crippen LogP contribution >= 0.6 is 11.8 Å². The molecule has 0 amide bonds. The summed E-state index contributed by atoms with van der Waals surface area (Å²) in [6.45, 7) is 0. The molecule has 0 aliphatic carbocycles. The molecule has 17 heavy (non-hydrogen) atoms. The second kappa shape index (κ2) is 4.14. The number of rotatable bonds is 3. The van der Waals surface area contributed by atoms with Gasteiger partial charge >= 0.3 is 0 Å². The molecule has 0 fully saturated rings. The lowest BCUT2D eigenvalue weighted by Crippen LogP contribution is -1.82. The van der Waals surface area contributed by atoms with Crippen LogP contribution in [0.25, 0.3) is 11.1 Å². The number of fused-ring (bicyclic) bond motifs is 1. The van der Waals surface area contributed by atoms with Crippen molar-refractivity contribution in [3.05, 3.63) is 36.2 Å². The average Bonchev–Trinajstić information content (AvgIpc) is 2.94. The van der Waals surface area contributed by atoms with E-state index in [9.17, 15) is 0 Å². The molecule has 0 spiro atoms. The normalized spacial score (nSPS) is 11.1. The van der Waals surface area contributed by atoms with Gasteiger partial charge in [0, 0.05) is 17.0 Å². The average molecular weight is 247 g/mol. The Balaban J connectivity index is 1.81. The number of hydrogen-bond acceptors (Lipinski definition) is 6.